The van der Waals surface area contributed by atoms with Crippen molar-refractivity contribution in [3.63, 3.8) is 0 Å². The first-order chi connectivity index (χ1) is 11.8. The van der Waals surface area contributed by atoms with Gasteiger partial charge in [-0.15, -0.1) is 0 Å². The van der Waals surface area contributed by atoms with Gasteiger partial charge in [0.2, 0.25) is 10.0 Å². The lowest BCUT2D eigenvalue weighted by Crippen LogP contribution is -2.52. The molecular formula is C16H23Cl2N3O3S. The van der Waals surface area contributed by atoms with Gasteiger partial charge in [-0.3, -0.25) is 0 Å². The van der Waals surface area contributed by atoms with E-state index in [1.54, 1.807) is 23.1 Å². The largest absolute Gasteiger partial charge is 0.322 e. The van der Waals surface area contributed by atoms with Gasteiger partial charge in [0, 0.05) is 31.2 Å². The van der Waals surface area contributed by atoms with Gasteiger partial charge >= 0.3 is 6.03 Å². The molecule has 1 fully saturated rings. The van der Waals surface area contributed by atoms with Gasteiger partial charge < -0.3 is 10.2 Å². The number of piperazine rings is 1. The summed E-state index contributed by atoms with van der Waals surface area (Å²) in [5, 5.41) is 3.59. The molecule has 1 aliphatic heterocycles. The number of anilines is 1. The van der Waals surface area contributed by atoms with Crippen molar-refractivity contribution in [2.45, 2.75) is 26.2 Å². The summed E-state index contributed by atoms with van der Waals surface area (Å²) in [7, 11) is -3.24. The first-order valence-corrected chi connectivity index (χ1v) is 10.7. The Labute approximate surface area is 159 Å². The van der Waals surface area contributed by atoms with Gasteiger partial charge in [-0.05, 0) is 24.6 Å². The predicted octanol–water partition coefficient (Wildman–Crippen LogP) is 3.66. The maximum atomic E-state index is 12.3. The van der Waals surface area contributed by atoms with Crippen LogP contribution in [-0.4, -0.2) is 55.6 Å². The quantitative estimate of drug-likeness (QED) is 0.731. The molecule has 0 unspecified atom stereocenters. The second kappa shape index (κ2) is 9.07. The average Bonchev–Trinajstić information content (AvgIpc) is 2.58. The summed E-state index contributed by atoms with van der Waals surface area (Å²) in [6.45, 7) is 3.35. The van der Waals surface area contributed by atoms with E-state index in [4.69, 9.17) is 23.2 Å². The average molecular weight is 408 g/mol. The molecule has 1 aromatic carbocycles. The van der Waals surface area contributed by atoms with Gasteiger partial charge in [0.15, 0.2) is 0 Å². The van der Waals surface area contributed by atoms with E-state index >= 15 is 0 Å². The highest BCUT2D eigenvalue weighted by Crippen LogP contribution is 2.25. The van der Waals surface area contributed by atoms with Crippen molar-refractivity contribution in [1.82, 2.24) is 9.21 Å². The zero-order valence-corrected chi connectivity index (χ0v) is 16.5. The van der Waals surface area contributed by atoms with Crippen LogP contribution in [-0.2, 0) is 10.0 Å². The Hall–Kier alpha value is -1.02. The molecule has 0 aromatic heterocycles. The van der Waals surface area contributed by atoms with Crippen LogP contribution >= 0.6 is 23.2 Å². The molecule has 0 spiro atoms. The number of nitrogens with one attached hydrogen (secondary N) is 1. The summed E-state index contributed by atoms with van der Waals surface area (Å²) in [5.74, 6) is 0.172. The Kier molecular flexibility index (Phi) is 7.37. The van der Waals surface area contributed by atoms with E-state index in [9.17, 15) is 13.2 Å². The van der Waals surface area contributed by atoms with Gasteiger partial charge in [0.05, 0.1) is 16.5 Å². The van der Waals surface area contributed by atoms with Crippen LogP contribution in [0.25, 0.3) is 0 Å². The highest BCUT2D eigenvalue weighted by atomic mass is 35.5. The standard InChI is InChI=1S/C16H23Cl2N3O3S/c1-2-3-4-11-25(23,24)21-9-7-20(8-10-21)16(22)19-15-12-13(17)5-6-14(15)18/h5-6,12H,2-4,7-11H2,1H3,(H,19,22). The first kappa shape index (κ1) is 20.3. The normalized spacial score (nSPS) is 16.0. The van der Waals surface area contributed by atoms with E-state index in [0.29, 0.717) is 48.3 Å². The molecule has 2 rings (SSSR count). The van der Waals surface area contributed by atoms with Crippen LogP contribution in [0.4, 0.5) is 10.5 Å². The number of rotatable bonds is 6. The Bertz CT molecular complexity index is 705. The summed E-state index contributed by atoms with van der Waals surface area (Å²) in [6, 6.07) is 4.52. The molecule has 2 amide bonds. The third-order valence-corrected chi connectivity index (χ3v) is 6.62. The number of amides is 2. The van der Waals surface area contributed by atoms with Crippen LogP contribution in [0.1, 0.15) is 26.2 Å². The summed E-state index contributed by atoms with van der Waals surface area (Å²) < 4.78 is 26.0. The van der Waals surface area contributed by atoms with Crippen LogP contribution in [0.2, 0.25) is 10.0 Å². The van der Waals surface area contributed by atoms with Crippen molar-refractivity contribution < 1.29 is 13.2 Å². The molecule has 6 nitrogen and oxygen atoms in total. The predicted molar refractivity (Wildman–Crippen MR) is 102 cm³/mol. The van der Waals surface area contributed by atoms with Crippen LogP contribution in [0.3, 0.4) is 0 Å². The topological polar surface area (TPSA) is 69.7 Å². The molecule has 0 aliphatic carbocycles. The molecule has 1 aliphatic rings. The molecule has 1 heterocycles. The molecule has 25 heavy (non-hydrogen) atoms. The number of halogens is 2. The minimum Gasteiger partial charge on any atom is -0.322 e. The summed E-state index contributed by atoms with van der Waals surface area (Å²) in [6.07, 6.45) is 2.56. The number of benzene rings is 1. The number of hydrogen-bond acceptors (Lipinski definition) is 3. The van der Waals surface area contributed by atoms with E-state index in [2.05, 4.69) is 5.32 Å². The molecule has 1 aromatic rings. The van der Waals surface area contributed by atoms with Crippen molar-refractivity contribution in [3.8, 4) is 0 Å². The van der Waals surface area contributed by atoms with E-state index in [1.165, 1.54) is 4.31 Å². The summed E-state index contributed by atoms with van der Waals surface area (Å²) in [5.41, 5.74) is 0.439. The summed E-state index contributed by atoms with van der Waals surface area (Å²) in [4.78, 5) is 13.9. The van der Waals surface area contributed by atoms with Gasteiger partial charge in [-0.25, -0.2) is 13.2 Å². The zero-order valence-electron chi connectivity index (χ0n) is 14.2. The summed E-state index contributed by atoms with van der Waals surface area (Å²) >= 11 is 12.0. The maximum absolute atomic E-state index is 12.3. The second-order valence-electron chi connectivity index (χ2n) is 5.96. The van der Waals surface area contributed by atoms with E-state index < -0.39 is 10.0 Å². The Morgan fingerprint density at radius 1 is 1.16 bits per heavy atom. The van der Waals surface area contributed by atoms with Crippen LogP contribution < -0.4 is 5.32 Å². The van der Waals surface area contributed by atoms with Gasteiger partial charge in [-0.1, -0.05) is 43.0 Å². The maximum Gasteiger partial charge on any atom is 0.321 e. The Morgan fingerprint density at radius 3 is 2.48 bits per heavy atom. The van der Waals surface area contributed by atoms with E-state index in [-0.39, 0.29) is 11.8 Å². The Morgan fingerprint density at radius 2 is 1.84 bits per heavy atom. The fourth-order valence-corrected chi connectivity index (χ4v) is 4.50. The molecule has 0 saturated carbocycles. The molecule has 0 radical (unpaired) electrons. The minimum atomic E-state index is -3.24. The van der Waals surface area contributed by atoms with Crippen molar-refractivity contribution in [1.29, 1.82) is 0 Å². The van der Waals surface area contributed by atoms with Gasteiger partial charge in [-0.2, -0.15) is 4.31 Å². The molecule has 0 atom stereocenters. The highest BCUT2D eigenvalue weighted by molar-refractivity contribution is 7.89. The fourth-order valence-electron chi connectivity index (χ4n) is 2.62. The molecule has 9 heteroatoms. The zero-order chi connectivity index (χ0) is 18.4. The van der Waals surface area contributed by atoms with Crippen LogP contribution in [0.15, 0.2) is 18.2 Å². The molecule has 1 N–H and O–H groups in total. The number of carbonyl (C=O) groups excluding carboxylic acids is 1. The van der Waals surface area contributed by atoms with Crippen molar-refractivity contribution in [2.24, 2.45) is 0 Å². The first-order valence-electron chi connectivity index (χ1n) is 8.32. The lowest BCUT2D eigenvalue weighted by atomic mass is 10.3. The fraction of sp³-hybridized carbons (Fsp3) is 0.562. The number of hydrogen-bond donors (Lipinski definition) is 1. The number of nitrogens with zero attached hydrogens (tertiary/aromatic N) is 2. The smallest absolute Gasteiger partial charge is 0.321 e. The molecule has 140 valence electrons. The number of urea groups is 1. The number of sulfonamides is 1. The second-order valence-corrected chi connectivity index (χ2v) is 8.90. The van der Waals surface area contributed by atoms with E-state index in [0.717, 1.165) is 12.8 Å². The third kappa shape index (κ3) is 5.74. The SMILES string of the molecule is CCCCCS(=O)(=O)N1CCN(C(=O)Nc2cc(Cl)ccc2Cl)CC1. The van der Waals surface area contributed by atoms with Gasteiger partial charge in [0.25, 0.3) is 0 Å². The van der Waals surface area contributed by atoms with Crippen molar-refractivity contribution in [2.75, 3.05) is 37.2 Å². The van der Waals surface area contributed by atoms with Crippen molar-refractivity contribution >= 4 is 44.9 Å². The lowest BCUT2D eigenvalue weighted by molar-refractivity contribution is 0.184. The monoisotopic (exact) mass is 407 g/mol. The van der Waals surface area contributed by atoms with E-state index in [1.807, 2.05) is 6.92 Å². The Balaban J connectivity index is 1.89. The van der Waals surface area contributed by atoms with Gasteiger partial charge in [0.1, 0.15) is 0 Å². The van der Waals surface area contributed by atoms with Crippen LogP contribution in [0, 0.1) is 0 Å². The number of carbonyl (C=O) groups is 1. The molecule has 1 saturated heterocycles. The highest BCUT2D eigenvalue weighted by Gasteiger charge is 2.28. The van der Waals surface area contributed by atoms with Crippen molar-refractivity contribution in [3.05, 3.63) is 28.2 Å². The molecule has 0 bridgehead atoms. The lowest BCUT2D eigenvalue weighted by Gasteiger charge is -2.34. The van der Waals surface area contributed by atoms with Crippen LogP contribution in [0.5, 0.6) is 0 Å². The minimum absolute atomic E-state index is 0.172. The third-order valence-electron chi connectivity index (χ3n) is 4.10. The molecular weight excluding hydrogens is 385 g/mol. The number of unbranched alkanes of at least 4 members (excludes halogenated alkanes) is 2.